The lowest BCUT2D eigenvalue weighted by atomic mass is 10.2. The Labute approximate surface area is 146 Å². The van der Waals surface area contributed by atoms with Crippen LogP contribution in [0, 0.1) is 11.3 Å². The van der Waals surface area contributed by atoms with Crippen molar-refractivity contribution in [1.82, 2.24) is 5.32 Å². The summed E-state index contributed by atoms with van der Waals surface area (Å²) in [6.07, 6.45) is 0. The predicted octanol–water partition coefficient (Wildman–Crippen LogP) is 3.62. The first-order chi connectivity index (χ1) is 11.6. The van der Waals surface area contributed by atoms with Gasteiger partial charge in [-0.05, 0) is 36.8 Å². The van der Waals surface area contributed by atoms with Gasteiger partial charge in [-0.25, -0.2) is 0 Å². The topological polar surface area (TPSA) is 62.1 Å². The second-order valence-electron chi connectivity index (χ2n) is 5.42. The molecule has 0 saturated heterocycles. The third-order valence-electron chi connectivity index (χ3n) is 3.40. The Hall–Kier alpha value is -2.29. The second-order valence-corrected chi connectivity index (χ2v) is 6.44. The Morgan fingerprint density at radius 3 is 2.62 bits per heavy atom. The maximum absolute atomic E-state index is 12.4. The monoisotopic (exact) mass is 340 g/mol. The van der Waals surface area contributed by atoms with Gasteiger partial charge in [0.2, 0.25) is 0 Å². The highest BCUT2D eigenvalue weighted by Crippen LogP contribution is 2.26. The van der Waals surface area contributed by atoms with Gasteiger partial charge >= 0.3 is 0 Å². The molecule has 0 aliphatic rings. The summed E-state index contributed by atoms with van der Waals surface area (Å²) < 4.78 is 5.05. The number of benzene rings is 2. The van der Waals surface area contributed by atoms with Crippen molar-refractivity contribution in [2.45, 2.75) is 23.6 Å². The van der Waals surface area contributed by atoms with Crippen molar-refractivity contribution in [3.05, 3.63) is 65.2 Å². The van der Waals surface area contributed by atoms with Crippen LogP contribution in [0.4, 0.5) is 0 Å². The number of carbonyl (C=O) groups is 1. The normalized spacial score (nSPS) is 11.5. The maximum atomic E-state index is 12.4. The quantitative estimate of drug-likeness (QED) is 0.782. The van der Waals surface area contributed by atoms with Crippen LogP contribution in [0.5, 0.6) is 0 Å². The lowest BCUT2D eigenvalue weighted by Crippen LogP contribution is -2.35. The van der Waals surface area contributed by atoms with Gasteiger partial charge in [-0.2, -0.15) is 5.26 Å². The molecule has 1 N–H and O–H groups in total. The van der Waals surface area contributed by atoms with Crippen molar-refractivity contribution in [3.8, 4) is 6.07 Å². The smallest absolute Gasteiger partial charge is 0.252 e. The van der Waals surface area contributed by atoms with E-state index in [1.54, 1.807) is 31.0 Å². The van der Waals surface area contributed by atoms with E-state index < -0.39 is 0 Å². The van der Waals surface area contributed by atoms with Gasteiger partial charge in [0.15, 0.2) is 0 Å². The zero-order valence-electron chi connectivity index (χ0n) is 13.8. The molecule has 24 heavy (non-hydrogen) atoms. The number of nitrogens with one attached hydrogen (secondary N) is 1. The molecule has 1 atom stereocenters. The first-order valence-electron chi connectivity index (χ1n) is 7.64. The summed E-state index contributed by atoms with van der Waals surface area (Å²) in [7, 11) is 1.62. The first kappa shape index (κ1) is 18.1. The average molecular weight is 340 g/mol. The number of ether oxygens (including phenoxy) is 1. The molecular weight excluding hydrogens is 320 g/mol. The van der Waals surface area contributed by atoms with E-state index in [1.807, 2.05) is 43.3 Å². The summed E-state index contributed by atoms with van der Waals surface area (Å²) in [4.78, 5) is 13.4. The van der Waals surface area contributed by atoms with Crippen molar-refractivity contribution >= 4 is 17.7 Å². The Kier molecular flexibility index (Phi) is 6.86. The van der Waals surface area contributed by atoms with Crippen molar-refractivity contribution in [2.75, 3.05) is 13.7 Å². The summed E-state index contributed by atoms with van der Waals surface area (Å²) in [5.41, 5.74) is 2.43. The van der Waals surface area contributed by atoms with Crippen LogP contribution in [-0.4, -0.2) is 25.7 Å². The van der Waals surface area contributed by atoms with Gasteiger partial charge in [-0.1, -0.05) is 24.3 Å². The summed E-state index contributed by atoms with van der Waals surface area (Å²) in [6, 6.07) is 17.1. The lowest BCUT2D eigenvalue weighted by molar-refractivity contribution is 0.0902. The van der Waals surface area contributed by atoms with E-state index in [-0.39, 0.29) is 11.9 Å². The van der Waals surface area contributed by atoms with Gasteiger partial charge in [0.25, 0.3) is 5.91 Å². The molecule has 0 saturated carbocycles. The molecule has 2 aromatic carbocycles. The number of carbonyl (C=O) groups excluding carboxylic acids is 1. The van der Waals surface area contributed by atoms with Crippen LogP contribution in [-0.2, 0) is 10.5 Å². The molecule has 0 aliphatic carbocycles. The zero-order valence-corrected chi connectivity index (χ0v) is 14.6. The number of nitrogens with zero attached hydrogens (tertiary/aromatic N) is 1. The highest BCUT2D eigenvalue weighted by molar-refractivity contribution is 7.98. The maximum Gasteiger partial charge on any atom is 0.252 e. The minimum atomic E-state index is -0.0949. The Balaban J connectivity index is 2.05. The first-order valence-corrected chi connectivity index (χ1v) is 8.63. The molecule has 124 valence electrons. The molecule has 0 aliphatic heterocycles. The number of rotatable bonds is 7. The van der Waals surface area contributed by atoms with Gasteiger partial charge in [0, 0.05) is 23.8 Å². The van der Waals surface area contributed by atoms with Crippen molar-refractivity contribution in [2.24, 2.45) is 0 Å². The van der Waals surface area contributed by atoms with Gasteiger partial charge in [-0.15, -0.1) is 11.8 Å². The van der Waals surface area contributed by atoms with Crippen LogP contribution in [0.15, 0.2) is 53.4 Å². The van der Waals surface area contributed by atoms with Crippen LogP contribution in [0.2, 0.25) is 0 Å². The van der Waals surface area contributed by atoms with E-state index in [0.717, 1.165) is 16.2 Å². The van der Waals surface area contributed by atoms with E-state index in [0.29, 0.717) is 17.7 Å². The third-order valence-corrected chi connectivity index (χ3v) is 4.55. The van der Waals surface area contributed by atoms with Crippen LogP contribution >= 0.6 is 11.8 Å². The van der Waals surface area contributed by atoms with E-state index in [1.165, 1.54) is 0 Å². The highest BCUT2D eigenvalue weighted by Gasteiger charge is 2.13. The van der Waals surface area contributed by atoms with Crippen LogP contribution < -0.4 is 5.32 Å². The van der Waals surface area contributed by atoms with Gasteiger partial charge in [0.05, 0.1) is 23.8 Å². The fourth-order valence-electron chi connectivity index (χ4n) is 2.21. The zero-order chi connectivity index (χ0) is 17.4. The second kappa shape index (κ2) is 9.11. The summed E-state index contributed by atoms with van der Waals surface area (Å²) in [5, 5.41) is 11.8. The molecule has 5 heteroatoms. The van der Waals surface area contributed by atoms with Crippen LogP contribution in [0.1, 0.15) is 28.4 Å². The fourth-order valence-corrected chi connectivity index (χ4v) is 3.22. The molecule has 0 spiro atoms. The number of hydrogen-bond donors (Lipinski definition) is 1. The summed E-state index contributed by atoms with van der Waals surface area (Å²) >= 11 is 1.61. The van der Waals surface area contributed by atoms with E-state index in [4.69, 9.17) is 10.00 Å². The van der Waals surface area contributed by atoms with Crippen molar-refractivity contribution in [3.63, 3.8) is 0 Å². The molecule has 4 nitrogen and oxygen atoms in total. The van der Waals surface area contributed by atoms with Crippen molar-refractivity contribution in [1.29, 1.82) is 5.26 Å². The number of amides is 1. The number of thioether (sulfide) groups is 1. The standard InChI is InChI=1S/C19H20N2O2S/c1-14(12-23-2)21-19(22)17-5-3-4-6-18(17)24-13-16-9-7-15(11-20)8-10-16/h3-10,14H,12-13H2,1-2H3,(H,21,22). The van der Waals surface area contributed by atoms with Crippen molar-refractivity contribution < 1.29 is 9.53 Å². The molecule has 2 rings (SSSR count). The molecular formula is C19H20N2O2S. The third kappa shape index (κ3) is 5.12. The summed E-state index contributed by atoms with van der Waals surface area (Å²) in [5.74, 6) is 0.645. The van der Waals surface area contributed by atoms with Crippen LogP contribution in [0.3, 0.4) is 0 Å². The number of nitriles is 1. The minimum absolute atomic E-state index is 0.0425. The number of methoxy groups -OCH3 is 1. The van der Waals surface area contributed by atoms with Gasteiger partial charge in [-0.3, -0.25) is 4.79 Å². The molecule has 1 amide bonds. The number of hydrogen-bond acceptors (Lipinski definition) is 4. The average Bonchev–Trinajstić information content (AvgIpc) is 2.60. The summed E-state index contributed by atoms with van der Waals surface area (Å²) in [6.45, 7) is 2.39. The Morgan fingerprint density at radius 2 is 1.96 bits per heavy atom. The molecule has 0 fully saturated rings. The fraction of sp³-hybridized carbons (Fsp3) is 0.263. The Morgan fingerprint density at radius 1 is 1.25 bits per heavy atom. The molecule has 0 radical (unpaired) electrons. The molecule has 2 aromatic rings. The predicted molar refractivity (Wildman–Crippen MR) is 96.0 cm³/mol. The minimum Gasteiger partial charge on any atom is -0.383 e. The SMILES string of the molecule is COCC(C)NC(=O)c1ccccc1SCc1ccc(C#N)cc1. The van der Waals surface area contributed by atoms with E-state index in [9.17, 15) is 4.79 Å². The molecule has 0 bridgehead atoms. The lowest BCUT2D eigenvalue weighted by Gasteiger charge is -2.14. The highest BCUT2D eigenvalue weighted by atomic mass is 32.2. The van der Waals surface area contributed by atoms with Gasteiger partial charge < -0.3 is 10.1 Å². The van der Waals surface area contributed by atoms with Crippen LogP contribution in [0.25, 0.3) is 0 Å². The Bertz CT molecular complexity index is 723. The largest absolute Gasteiger partial charge is 0.383 e. The molecule has 0 aromatic heterocycles. The van der Waals surface area contributed by atoms with Gasteiger partial charge in [0.1, 0.15) is 0 Å². The molecule has 1 unspecified atom stereocenters. The van der Waals surface area contributed by atoms with E-state index in [2.05, 4.69) is 11.4 Å². The van der Waals surface area contributed by atoms with E-state index >= 15 is 0 Å². The molecule has 0 heterocycles.